The molecule has 1 heterocycles. The van der Waals surface area contributed by atoms with Crippen molar-refractivity contribution in [2.24, 2.45) is 0 Å². The third-order valence-corrected chi connectivity index (χ3v) is 3.58. The summed E-state index contributed by atoms with van der Waals surface area (Å²) in [5.74, 6) is -0.168. The first kappa shape index (κ1) is 17.8. The number of hydrogen-bond acceptors (Lipinski definition) is 3. The molecule has 0 unspecified atom stereocenters. The van der Waals surface area contributed by atoms with Crippen molar-refractivity contribution in [3.05, 3.63) is 46.8 Å². The van der Waals surface area contributed by atoms with Crippen LogP contribution < -0.4 is 10.1 Å². The first-order chi connectivity index (χ1) is 11.3. The number of carbonyl (C=O) groups is 1. The van der Waals surface area contributed by atoms with Crippen molar-refractivity contribution in [1.82, 2.24) is 15.1 Å². The summed E-state index contributed by atoms with van der Waals surface area (Å²) in [5.41, 5.74) is 0.130. The van der Waals surface area contributed by atoms with Crippen LogP contribution in [0, 0.1) is 6.92 Å². The second kappa shape index (κ2) is 6.94. The van der Waals surface area contributed by atoms with E-state index in [0.717, 1.165) is 22.0 Å². The molecule has 0 bridgehead atoms. The highest BCUT2D eigenvalue weighted by Crippen LogP contribution is 2.32. The van der Waals surface area contributed by atoms with Crippen LogP contribution in [-0.2, 0) is 19.3 Å². The van der Waals surface area contributed by atoms with Gasteiger partial charge in [-0.25, -0.2) is 0 Å². The Bertz CT molecular complexity index is 739. The molecule has 1 aromatic carbocycles. The summed E-state index contributed by atoms with van der Waals surface area (Å²) in [6.07, 6.45) is -3.70. The van der Waals surface area contributed by atoms with Gasteiger partial charge >= 0.3 is 6.18 Å². The number of ether oxygens (including phenoxy) is 1. The lowest BCUT2D eigenvalue weighted by Gasteiger charge is -2.12. The van der Waals surface area contributed by atoms with Crippen molar-refractivity contribution < 1.29 is 22.7 Å². The molecular weight excluding hydrogens is 323 g/mol. The van der Waals surface area contributed by atoms with E-state index in [2.05, 4.69) is 10.4 Å². The Morgan fingerprint density at radius 1 is 1.38 bits per heavy atom. The van der Waals surface area contributed by atoms with E-state index in [-0.39, 0.29) is 13.1 Å². The number of nitrogens with zero attached hydrogens (tertiary/aromatic N) is 2. The summed E-state index contributed by atoms with van der Waals surface area (Å²) in [4.78, 5) is 12.1. The molecule has 0 aliphatic heterocycles. The molecule has 0 atom stereocenters. The number of hydrogen-bond donors (Lipinski definition) is 1. The number of carbonyl (C=O) groups excluding carboxylic acids is 1. The normalized spacial score (nSPS) is 11.4. The number of aryl methyl sites for hydroxylation is 2. The number of nitrogens with one attached hydrogen (secondary N) is 1. The molecule has 0 aliphatic rings. The summed E-state index contributed by atoms with van der Waals surface area (Å²) in [6.45, 7) is 3.51. The van der Waals surface area contributed by atoms with E-state index in [0.29, 0.717) is 5.75 Å². The smallest absolute Gasteiger partial charge is 0.433 e. The molecule has 5 nitrogen and oxygen atoms in total. The minimum atomic E-state index is -4.65. The average molecular weight is 341 g/mol. The summed E-state index contributed by atoms with van der Waals surface area (Å²) in [7, 11) is 1.53. The molecule has 1 N–H and O–H groups in total. The number of alkyl halides is 3. The Morgan fingerprint density at radius 3 is 2.67 bits per heavy atom. The minimum Gasteiger partial charge on any atom is -0.496 e. The third-order valence-electron chi connectivity index (χ3n) is 3.58. The second-order valence-electron chi connectivity index (χ2n) is 5.21. The molecule has 0 spiro atoms. The SMILES string of the molecule is CCn1ncc(C(=O)NCc2ccc(C)c(OC)c2)c1C(F)(F)F. The van der Waals surface area contributed by atoms with Crippen molar-refractivity contribution >= 4 is 5.91 Å². The van der Waals surface area contributed by atoms with Gasteiger partial charge in [0, 0.05) is 13.1 Å². The molecular formula is C16H18F3N3O2. The van der Waals surface area contributed by atoms with Crippen LogP contribution in [0.3, 0.4) is 0 Å². The van der Waals surface area contributed by atoms with Gasteiger partial charge in [-0.15, -0.1) is 0 Å². The predicted octanol–water partition coefficient (Wildman–Crippen LogP) is 3.17. The molecule has 0 saturated heterocycles. The number of benzene rings is 1. The monoisotopic (exact) mass is 341 g/mol. The largest absolute Gasteiger partial charge is 0.496 e. The zero-order chi connectivity index (χ0) is 17.9. The van der Waals surface area contributed by atoms with Crippen LogP contribution in [-0.4, -0.2) is 22.8 Å². The number of halogens is 3. The van der Waals surface area contributed by atoms with Crippen molar-refractivity contribution in [2.45, 2.75) is 33.1 Å². The van der Waals surface area contributed by atoms with E-state index in [9.17, 15) is 18.0 Å². The van der Waals surface area contributed by atoms with Gasteiger partial charge in [-0.05, 0) is 31.0 Å². The van der Waals surface area contributed by atoms with Crippen molar-refractivity contribution in [2.75, 3.05) is 7.11 Å². The Hall–Kier alpha value is -2.51. The maximum atomic E-state index is 13.1. The lowest BCUT2D eigenvalue weighted by Crippen LogP contribution is -2.26. The van der Waals surface area contributed by atoms with E-state index in [1.54, 1.807) is 12.1 Å². The zero-order valence-electron chi connectivity index (χ0n) is 13.6. The quantitative estimate of drug-likeness (QED) is 0.909. The third kappa shape index (κ3) is 3.69. The first-order valence-electron chi connectivity index (χ1n) is 7.32. The molecule has 0 fully saturated rings. The van der Waals surface area contributed by atoms with Gasteiger partial charge in [0.05, 0.1) is 18.9 Å². The highest BCUT2D eigenvalue weighted by molar-refractivity contribution is 5.95. The Labute approximate surface area is 137 Å². The fourth-order valence-electron chi connectivity index (χ4n) is 2.34. The van der Waals surface area contributed by atoms with E-state index in [1.807, 2.05) is 13.0 Å². The fraction of sp³-hybridized carbons (Fsp3) is 0.375. The lowest BCUT2D eigenvalue weighted by molar-refractivity contribution is -0.144. The highest BCUT2D eigenvalue weighted by atomic mass is 19.4. The van der Waals surface area contributed by atoms with Crippen LogP contribution >= 0.6 is 0 Å². The van der Waals surface area contributed by atoms with Crippen molar-refractivity contribution in [3.8, 4) is 5.75 Å². The number of aromatic nitrogens is 2. The van der Waals surface area contributed by atoms with Gasteiger partial charge in [-0.1, -0.05) is 12.1 Å². The molecule has 2 rings (SSSR count). The van der Waals surface area contributed by atoms with Crippen LogP contribution in [0.4, 0.5) is 13.2 Å². The van der Waals surface area contributed by atoms with E-state index in [1.165, 1.54) is 14.0 Å². The minimum absolute atomic E-state index is 0.0251. The summed E-state index contributed by atoms with van der Waals surface area (Å²) in [6, 6.07) is 5.32. The Kier molecular flexibility index (Phi) is 5.16. The van der Waals surface area contributed by atoms with Gasteiger partial charge in [-0.3, -0.25) is 9.48 Å². The average Bonchev–Trinajstić information content (AvgIpc) is 2.98. The fourth-order valence-corrected chi connectivity index (χ4v) is 2.34. The molecule has 1 aromatic heterocycles. The molecule has 24 heavy (non-hydrogen) atoms. The van der Waals surface area contributed by atoms with Gasteiger partial charge in [0.25, 0.3) is 5.91 Å². The van der Waals surface area contributed by atoms with E-state index >= 15 is 0 Å². The Morgan fingerprint density at radius 2 is 2.08 bits per heavy atom. The Balaban J connectivity index is 2.18. The van der Waals surface area contributed by atoms with E-state index in [4.69, 9.17) is 4.74 Å². The van der Waals surface area contributed by atoms with Crippen LogP contribution in [0.2, 0.25) is 0 Å². The molecule has 0 aliphatic carbocycles. The summed E-state index contributed by atoms with van der Waals surface area (Å²) in [5, 5.41) is 6.12. The second-order valence-corrected chi connectivity index (χ2v) is 5.21. The van der Waals surface area contributed by atoms with Crippen molar-refractivity contribution in [1.29, 1.82) is 0 Å². The zero-order valence-corrected chi connectivity index (χ0v) is 13.6. The number of rotatable bonds is 5. The van der Waals surface area contributed by atoms with E-state index < -0.39 is 23.3 Å². The number of methoxy groups -OCH3 is 1. The maximum Gasteiger partial charge on any atom is 0.433 e. The molecule has 2 aromatic rings. The molecule has 130 valence electrons. The van der Waals surface area contributed by atoms with Gasteiger partial charge < -0.3 is 10.1 Å². The molecule has 0 saturated carbocycles. The maximum absolute atomic E-state index is 13.1. The molecule has 8 heteroatoms. The predicted molar refractivity (Wildman–Crippen MR) is 81.8 cm³/mol. The lowest BCUT2D eigenvalue weighted by atomic mass is 10.1. The van der Waals surface area contributed by atoms with Gasteiger partial charge in [0.2, 0.25) is 0 Å². The topological polar surface area (TPSA) is 56.2 Å². The standard InChI is InChI=1S/C16H18F3N3O2/c1-4-22-14(16(17,18)19)12(9-21-22)15(23)20-8-11-6-5-10(2)13(7-11)24-3/h5-7,9H,4,8H2,1-3H3,(H,20,23). The van der Waals surface area contributed by atoms with Crippen LogP contribution in [0.15, 0.2) is 24.4 Å². The van der Waals surface area contributed by atoms with Crippen LogP contribution in [0.25, 0.3) is 0 Å². The van der Waals surface area contributed by atoms with Gasteiger partial charge in [-0.2, -0.15) is 18.3 Å². The summed E-state index contributed by atoms with van der Waals surface area (Å²) < 4.78 is 45.4. The van der Waals surface area contributed by atoms with Crippen molar-refractivity contribution in [3.63, 3.8) is 0 Å². The summed E-state index contributed by atoms with van der Waals surface area (Å²) >= 11 is 0. The van der Waals surface area contributed by atoms with Gasteiger partial charge in [0.15, 0.2) is 5.69 Å². The highest BCUT2D eigenvalue weighted by Gasteiger charge is 2.39. The van der Waals surface area contributed by atoms with Crippen LogP contribution in [0.1, 0.15) is 34.1 Å². The molecule has 1 amide bonds. The van der Waals surface area contributed by atoms with Gasteiger partial charge in [0.1, 0.15) is 5.75 Å². The molecule has 0 radical (unpaired) electrons. The number of amides is 1. The van der Waals surface area contributed by atoms with Crippen LogP contribution in [0.5, 0.6) is 5.75 Å². The first-order valence-corrected chi connectivity index (χ1v) is 7.32.